The van der Waals surface area contributed by atoms with Gasteiger partial charge >= 0.3 is 5.97 Å². The van der Waals surface area contributed by atoms with E-state index >= 15 is 0 Å². The van der Waals surface area contributed by atoms with Gasteiger partial charge in [0, 0.05) is 6.08 Å². The number of aliphatic hydroxyl groups excluding tert-OH is 1. The molecule has 96 valence electrons. The molecule has 0 aliphatic heterocycles. The Bertz CT molecular complexity index is 476. The van der Waals surface area contributed by atoms with Crippen LogP contribution in [-0.2, 0) is 14.3 Å². The van der Waals surface area contributed by atoms with Crippen LogP contribution in [0.3, 0.4) is 0 Å². The van der Waals surface area contributed by atoms with E-state index in [0.717, 1.165) is 13.2 Å². The van der Waals surface area contributed by atoms with Gasteiger partial charge < -0.3 is 14.6 Å². The summed E-state index contributed by atoms with van der Waals surface area (Å²) in [5, 5.41) is 9.80. The van der Waals surface area contributed by atoms with Gasteiger partial charge in [0.25, 0.3) is 5.78 Å². The SMILES string of the molecule is CCOc1ccccc1/C(O)=C\C(=O)C(=O)OC. The van der Waals surface area contributed by atoms with Crippen molar-refractivity contribution < 1.29 is 24.2 Å². The van der Waals surface area contributed by atoms with Gasteiger partial charge in [-0.25, -0.2) is 4.79 Å². The molecule has 0 aromatic heterocycles. The van der Waals surface area contributed by atoms with Gasteiger partial charge in [0.1, 0.15) is 11.5 Å². The van der Waals surface area contributed by atoms with Crippen LogP contribution in [0.5, 0.6) is 5.75 Å². The summed E-state index contributed by atoms with van der Waals surface area (Å²) in [6.45, 7) is 2.23. The highest BCUT2D eigenvalue weighted by Gasteiger charge is 2.14. The molecule has 0 fully saturated rings. The number of carbonyl (C=O) groups excluding carboxylic acids is 2. The number of esters is 1. The van der Waals surface area contributed by atoms with Gasteiger partial charge in [-0.2, -0.15) is 0 Å². The van der Waals surface area contributed by atoms with E-state index in [9.17, 15) is 14.7 Å². The number of aliphatic hydroxyl groups is 1. The first kappa shape index (κ1) is 13.8. The second-order valence-electron chi connectivity index (χ2n) is 3.31. The lowest BCUT2D eigenvalue weighted by Gasteiger charge is -2.08. The maximum absolute atomic E-state index is 11.3. The molecule has 5 heteroatoms. The summed E-state index contributed by atoms with van der Waals surface area (Å²) in [6, 6.07) is 6.67. The molecule has 1 rings (SSSR count). The largest absolute Gasteiger partial charge is 0.507 e. The normalized spacial score (nSPS) is 10.9. The number of benzene rings is 1. The number of ketones is 1. The molecule has 0 aliphatic rings. The summed E-state index contributed by atoms with van der Waals surface area (Å²) in [5.74, 6) is -1.86. The quantitative estimate of drug-likeness (QED) is 0.373. The summed E-state index contributed by atoms with van der Waals surface area (Å²) in [4.78, 5) is 22.2. The zero-order valence-corrected chi connectivity index (χ0v) is 10.2. The fourth-order valence-electron chi connectivity index (χ4n) is 1.32. The minimum Gasteiger partial charge on any atom is -0.507 e. The fourth-order valence-corrected chi connectivity index (χ4v) is 1.32. The maximum atomic E-state index is 11.3. The minimum atomic E-state index is -1.03. The van der Waals surface area contributed by atoms with Crippen LogP contribution in [0.15, 0.2) is 30.3 Å². The molecule has 0 atom stereocenters. The van der Waals surface area contributed by atoms with E-state index in [1.165, 1.54) is 0 Å². The molecule has 0 aliphatic carbocycles. The van der Waals surface area contributed by atoms with E-state index in [2.05, 4.69) is 4.74 Å². The summed E-state index contributed by atoms with van der Waals surface area (Å²) in [6.07, 6.45) is 0.809. The van der Waals surface area contributed by atoms with Crippen molar-refractivity contribution in [3.8, 4) is 5.75 Å². The Morgan fingerprint density at radius 2 is 2.00 bits per heavy atom. The third-order valence-electron chi connectivity index (χ3n) is 2.12. The molecule has 18 heavy (non-hydrogen) atoms. The zero-order chi connectivity index (χ0) is 13.5. The number of hydrogen-bond acceptors (Lipinski definition) is 5. The Hall–Kier alpha value is -2.30. The number of carbonyl (C=O) groups is 2. The molecule has 0 unspecified atom stereocenters. The molecule has 0 spiro atoms. The predicted molar refractivity (Wildman–Crippen MR) is 65.2 cm³/mol. The van der Waals surface area contributed by atoms with E-state index in [1.807, 2.05) is 0 Å². The minimum absolute atomic E-state index is 0.338. The zero-order valence-electron chi connectivity index (χ0n) is 10.2. The summed E-state index contributed by atoms with van der Waals surface area (Å²) in [5.41, 5.74) is 0.344. The third-order valence-corrected chi connectivity index (χ3v) is 2.12. The molecule has 0 saturated carbocycles. The van der Waals surface area contributed by atoms with Crippen molar-refractivity contribution in [3.63, 3.8) is 0 Å². The van der Waals surface area contributed by atoms with Gasteiger partial charge in [-0.1, -0.05) is 12.1 Å². The first-order valence-electron chi connectivity index (χ1n) is 5.35. The second-order valence-corrected chi connectivity index (χ2v) is 3.31. The number of hydrogen-bond donors (Lipinski definition) is 1. The van der Waals surface area contributed by atoms with Crippen LogP contribution >= 0.6 is 0 Å². The molecule has 0 saturated heterocycles. The van der Waals surface area contributed by atoms with Gasteiger partial charge in [-0.05, 0) is 19.1 Å². The van der Waals surface area contributed by atoms with Crippen molar-refractivity contribution in [2.24, 2.45) is 0 Å². The van der Waals surface area contributed by atoms with E-state index < -0.39 is 11.8 Å². The summed E-state index contributed by atoms with van der Waals surface area (Å²) >= 11 is 0. The highest BCUT2D eigenvalue weighted by Crippen LogP contribution is 2.24. The van der Waals surface area contributed by atoms with Crippen molar-refractivity contribution in [3.05, 3.63) is 35.9 Å². The lowest BCUT2D eigenvalue weighted by atomic mass is 10.1. The first-order valence-corrected chi connectivity index (χ1v) is 5.35. The predicted octanol–water partition coefficient (Wildman–Crippen LogP) is 1.73. The Labute approximate surface area is 105 Å². The van der Waals surface area contributed by atoms with Crippen LogP contribution in [0.2, 0.25) is 0 Å². The lowest BCUT2D eigenvalue weighted by Crippen LogP contribution is -2.13. The highest BCUT2D eigenvalue weighted by atomic mass is 16.5. The Balaban J connectivity index is 3.03. The molecule has 0 bridgehead atoms. The third kappa shape index (κ3) is 3.35. The molecule has 0 heterocycles. The molecule has 0 amide bonds. The van der Waals surface area contributed by atoms with E-state index in [1.54, 1.807) is 31.2 Å². The van der Waals surface area contributed by atoms with Crippen LogP contribution in [0, 0.1) is 0 Å². The number of para-hydroxylation sites is 1. The maximum Gasteiger partial charge on any atom is 0.378 e. The van der Waals surface area contributed by atoms with Crippen molar-refractivity contribution in [2.75, 3.05) is 13.7 Å². The molecule has 0 radical (unpaired) electrons. The van der Waals surface area contributed by atoms with Crippen molar-refractivity contribution in [1.29, 1.82) is 0 Å². The topological polar surface area (TPSA) is 72.8 Å². The average Bonchev–Trinajstić information content (AvgIpc) is 2.38. The Morgan fingerprint density at radius 3 is 2.61 bits per heavy atom. The smallest absolute Gasteiger partial charge is 0.378 e. The molecule has 1 aromatic rings. The second kappa shape index (κ2) is 6.44. The van der Waals surface area contributed by atoms with Gasteiger partial charge in [0.05, 0.1) is 19.3 Å². The van der Waals surface area contributed by atoms with Crippen LogP contribution < -0.4 is 4.74 Å². The van der Waals surface area contributed by atoms with Gasteiger partial charge in [-0.3, -0.25) is 4.79 Å². The van der Waals surface area contributed by atoms with Crippen LogP contribution in [0.25, 0.3) is 5.76 Å². The van der Waals surface area contributed by atoms with E-state index in [4.69, 9.17) is 4.74 Å². The number of rotatable bonds is 5. The lowest BCUT2D eigenvalue weighted by molar-refractivity contribution is -0.149. The molecule has 1 aromatic carbocycles. The van der Waals surface area contributed by atoms with Gasteiger partial charge in [-0.15, -0.1) is 0 Å². The molecular formula is C13H14O5. The van der Waals surface area contributed by atoms with Crippen molar-refractivity contribution >= 4 is 17.5 Å². The van der Waals surface area contributed by atoms with Crippen LogP contribution in [0.1, 0.15) is 12.5 Å². The monoisotopic (exact) mass is 250 g/mol. The van der Waals surface area contributed by atoms with Crippen molar-refractivity contribution in [2.45, 2.75) is 6.92 Å². The Kier molecular flexibility index (Phi) is 4.92. The molecule has 1 N–H and O–H groups in total. The summed E-state index contributed by atoms with van der Waals surface area (Å²) < 4.78 is 9.55. The van der Waals surface area contributed by atoms with E-state index in [-0.39, 0.29) is 5.76 Å². The standard InChI is InChI=1S/C13H14O5/c1-3-18-12-7-5-4-6-9(12)10(14)8-11(15)13(16)17-2/h4-8,14H,3H2,1-2H3/b10-8+. The highest BCUT2D eigenvalue weighted by molar-refractivity contribution is 6.39. The van der Waals surface area contributed by atoms with E-state index in [0.29, 0.717) is 17.9 Å². The van der Waals surface area contributed by atoms with Crippen LogP contribution in [0.4, 0.5) is 0 Å². The molecule has 5 nitrogen and oxygen atoms in total. The molecular weight excluding hydrogens is 236 g/mol. The summed E-state index contributed by atoms with van der Waals surface area (Å²) in [7, 11) is 1.10. The van der Waals surface area contributed by atoms with Crippen LogP contribution in [-0.4, -0.2) is 30.6 Å². The van der Waals surface area contributed by atoms with Gasteiger partial charge in [0.2, 0.25) is 0 Å². The fraction of sp³-hybridized carbons (Fsp3) is 0.231. The first-order chi connectivity index (χ1) is 8.60. The Morgan fingerprint density at radius 1 is 1.33 bits per heavy atom. The number of ether oxygens (including phenoxy) is 2. The van der Waals surface area contributed by atoms with Crippen molar-refractivity contribution in [1.82, 2.24) is 0 Å². The average molecular weight is 250 g/mol. The number of methoxy groups -OCH3 is 1. The van der Waals surface area contributed by atoms with Gasteiger partial charge in [0.15, 0.2) is 0 Å².